The average molecular weight is 187 g/mol. The normalized spacial score (nSPS) is 21.4. The number of hydrogen-bond acceptors (Lipinski definition) is 1. The predicted octanol–water partition coefficient (Wildman–Crippen LogP) is 2.19. The van der Waals surface area contributed by atoms with Gasteiger partial charge in [-0.25, -0.2) is 0 Å². The zero-order valence-corrected chi connectivity index (χ0v) is 7.94. The lowest BCUT2D eigenvalue weighted by atomic mass is 10.0. The minimum absolute atomic E-state index is 0.104. The topological polar surface area (TPSA) is 29.1 Å². The van der Waals surface area contributed by atoms with Gasteiger partial charge in [-0.2, -0.15) is 0 Å². The molecule has 0 unspecified atom stereocenters. The molecule has 72 valence electrons. The van der Waals surface area contributed by atoms with Crippen molar-refractivity contribution in [2.24, 2.45) is 0 Å². The molecule has 1 atom stereocenters. The van der Waals surface area contributed by atoms with Gasteiger partial charge in [0.2, 0.25) is 5.91 Å². The van der Waals surface area contributed by atoms with Crippen molar-refractivity contribution < 1.29 is 4.79 Å². The summed E-state index contributed by atoms with van der Waals surface area (Å²) in [5, 5.41) is 2.99. The quantitative estimate of drug-likeness (QED) is 0.671. The second kappa shape index (κ2) is 4.09. The highest BCUT2D eigenvalue weighted by Gasteiger charge is 2.14. The maximum atomic E-state index is 11.3. The third-order valence-electron chi connectivity index (χ3n) is 2.38. The van der Waals surface area contributed by atoms with Crippen molar-refractivity contribution in [3.63, 3.8) is 0 Å². The van der Waals surface area contributed by atoms with E-state index >= 15 is 0 Å². The largest absolute Gasteiger partial charge is 0.349 e. The molecular weight excluding hydrogens is 174 g/mol. The van der Waals surface area contributed by atoms with Gasteiger partial charge < -0.3 is 5.32 Å². The van der Waals surface area contributed by atoms with Crippen LogP contribution >= 0.6 is 0 Å². The third kappa shape index (κ3) is 2.02. The van der Waals surface area contributed by atoms with Crippen LogP contribution in [0, 0.1) is 0 Å². The van der Waals surface area contributed by atoms with Crippen LogP contribution < -0.4 is 5.32 Å². The van der Waals surface area contributed by atoms with Crippen LogP contribution in [0.15, 0.2) is 42.5 Å². The Kier molecular flexibility index (Phi) is 2.63. The van der Waals surface area contributed by atoms with Crippen molar-refractivity contribution in [3.8, 4) is 0 Å². The van der Waals surface area contributed by atoms with E-state index in [9.17, 15) is 4.79 Å². The fourth-order valence-electron chi connectivity index (χ4n) is 1.64. The molecule has 1 aromatic rings. The molecule has 0 fully saturated rings. The molecule has 14 heavy (non-hydrogen) atoms. The molecule has 0 spiro atoms. The highest BCUT2D eigenvalue weighted by molar-refractivity contribution is 5.78. The molecule has 1 aliphatic heterocycles. The summed E-state index contributed by atoms with van der Waals surface area (Å²) in [7, 11) is 0. The first-order chi connectivity index (χ1) is 6.86. The Morgan fingerprint density at radius 3 is 2.71 bits per heavy atom. The second-order valence-corrected chi connectivity index (χ2v) is 3.44. The van der Waals surface area contributed by atoms with E-state index in [4.69, 9.17) is 0 Å². The smallest absolute Gasteiger partial charge is 0.224 e. The van der Waals surface area contributed by atoms with Gasteiger partial charge in [-0.15, -0.1) is 0 Å². The Balaban J connectivity index is 2.18. The first kappa shape index (κ1) is 9.00. The Morgan fingerprint density at radius 2 is 1.93 bits per heavy atom. The number of carbonyl (C=O) groups excluding carboxylic acids is 1. The molecule has 0 saturated carbocycles. The summed E-state index contributed by atoms with van der Waals surface area (Å²) in [4.78, 5) is 11.3. The summed E-state index contributed by atoms with van der Waals surface area (Å²) in [5.74, 6) is 0.104. The zero-order chi connectivity index (χ0) is 9.80. The number of benzene rings is 1. The third-order valence-corrected chi connectivity index (χ3v) is 2.38. The fraction of sp³-hybridized carbons (Fsp3) is 0.250. The number of rotatable bonds is 1. The minimum Gasteiger partial charge on any atom is -0.349 e. The number of carbonyl (C=O) groups is 1. The van der Waals surface area contributed by atoms with Crippen molar-refractivity contribution in [3.05, 3.63) is 48.0 Å². The lowest BCUT2D eigenvalue weighted by Gasteiger charge is -2.15. The highest BCUT2D eigenvalue weighted by Crippen LogP contribution is 2.18. The van der Waals surface area contributed by atoms with Gasteiger partial charge in [0, 0.05) is 6.42 Å². The molecule has 2 rings (SSSR count). The van der Waals surface area contributed by atoms with Crippen molar-refractivity contribution in [2.45, 2.75) is 18.9 Å². The van der Waals surface area contributed by atoms with Crippen molar-refractivity contribution >= 4 is 5.91 Å². The van der Waals surface area contributed by atoms with E-state index < -0.39 is 0 Å². The first-order valence-electron chi connectivity index (χ1n) is 4.85. The summed E-state index contributed by atoms with van der Waals surface area (Å²) in [6.45, 7) is 0. The molecule has 0 radical (unpaired) electrons. The summed E-state index contributed by atoms with van der Waals surface area (Å²) >= 11 is 0. The second-order valence-electron chi connectivity index (χ2n) is 3.44. The highest BCUT2D eigenvalue weighted by atomic mass is 16.1. The van der Waals surface area contributed by atoms with Crippen LogP contribution in [0.3, 0.4) is 0 Å². The van der Waals surface area contributed by atoms with Crippen LogP contribution in [-0.4, -0.2) is 5.91 Å². The van der Waals surface area contributed by atoms with Gasteiger partial charge in [-0.05, 0) is 12.0 Å². The van der Waals surface area contributed by atoms with E-state index in [2.05, 4.69) is 11.4 Å². The molecule has 1 aliphatic rings. The summed E-state index contributed by atoms with van der Waals surface area (Å²) in [5.41, 5.74) is 1.17. The van der Waals surface area contributed by atoms with Crippen molar-refractivity contribution in [2.75, 3.05) is 0 Å². The Morgan fingerprint density at radius 1 is 1.14 bits per heavy atom. The number of amides is 1. The molecule has 0 bridgehead atoms. The predicted molar refractivity (Wildman–Crippen MR) is 55.7 cm³/mol. The van der Waals surface area contributed by atoms with E-state index in [-0.39, 0.29) is 11.9 Å². The molecule has 1 heterocycles. The van der Waals surface area contributed by atoms with Crippen LogP contribution in [0.5, 0.6) is 0 Å². The van der Waals surface area contributed by atoms with Gasteiger partial charge in [0.1, 0.15) is 0 Å². The van der Waals surface area contributed by atoms with Gasteiger partial charge in [0.25, 0.3) is 0 Å². The Hall–Kier alpha value is -1.57. The number of nitrogens with one attached hydrogen (secondary N) is 1. The standard InChI is InChI=1S/C12H13NO/c14-12-9-5-4-8-11(13-12)10-6-2-1-3-7-10/h1-7,11H,8-9H2,(H,13,14)/t11-/m1/s1. The maximum Gasteiger partial charge on any atom is 0.224 e. The molecule has 1 amide bonds. The van der Waals surface area contributed by atoms with Crippen LogP contribution in [0.2, 0.25) is 0 Å². The zero-order valence-electron chi connectivity index (χ0n) is 7.94. The molecule has 2 nitrogen and oxygen atoms in total. The maximum absolute atomic E-state index is 11.3. The molecule has 1 aromatic carbocycles. The Labute approximate surface area is 83.6 Å². The van der Waals surface area contributed by atoms with Gasteiger partial charge in [-0.3, -0.25) is 4.79 Å². The van der Waals surface area contributed by atoms with Gasteiger partial charge in [0.05, 0.1) is 6.04 Å². The monoisotopic (exact) mass is 187 g/mol. The molecule has 1 N–H and O–H groups in total. The van der Waals surface area contributed by atoms with Gasteiger partial charge in [0.15, 0.2) is 0 Å². The SMILES string of the molecule is O=C1CC=CC[C@H](c2ccccc2)N1. The lowest BCUT2D eigenvalue weighted by molar-refractivity contribution is -0.120. The van der Waals surface area contributed by atoms with Crippen molar-refractivity contribution in [1.29, 1.82) is 0 Å². The van der Waals surface area contributed by atoms with Gasteiger partial charge >= 0.3 is 0 Å². The van der Waals surface area contributed by atoms with Crippen LogP contribution in [-0.2, 0) is 4.79 Å². The van der Waals surface area contributed by atoms with Gasteiger partial charge in [-0.1, -0.05) is 42.5 Å². The van der Waals surface area contributed by atoms with Crippen LogP contribution in [0.25, 0.3) is 0 Å². The fourth-order valence-corrected chi connectivity index (χ4v) is 1.64. The van der Waals surface area contributed by atoms with E-state index in [1.165, 1.54) is 5.56 Å². The summed E-state index contributed by atoms with van der Waals surface area (Å²) in [6, 6.07) is 10.2. The molecular formula is C12H13NO. The Bertz CT molecular complexity index is 343. The number of hydrogen-bond donors (Lipinski definition) is 1. The first-order valence-corrected chi connectivity index (χ1v) is 4.85. The average Bonchev–Trinajstić information content (AvgIpc) is 2.44. The van der Waals surface area contributed by atoms with E-state index in [1.54, 1.807) is 0 Å². The van der Waals surface area contributed by atoms with Crippen molar-refractivity contribution in [1.82, 2.24) is 5.32 Å². The molecule has 0 saturated heterocycles. The summed E-state index contributed by atoms with van der Waals surface area (Å²) < 4.78 is 0. The van der Waals surface area contributed by atoms with Crippen LogP contribution in [0.1, 0.15) is 24.4 Å². The van der Waals surface area contributed by atoms with E-state index in [0.29, 0.717) is 6.42 Å². The molecule has 0 aromatic heterocycles. The van der Waals surface area contributed by atoms with E-state index in [0.717, 1.165) is 6.42 Å². The van der Waals surface area contributed by atoms with Crippen LogP contribution in [0.4, 0.5) is 0 Å². The summed E-state index contributed by atoms with van der Waals surface area (Å²) in [6.07, 6.45) is 5.38. The molecule has 2 heteroatoms. The molecule has 0 aliphatic carbocycles. The lowest BCUT2D eigenvalue weighted by Crippen LogP contribution is -2.26. The van der Waals surface area contributed by atoms with E-state index in [1.807, 2.05) is 36.4 Å². The minimum atomic E-state index is 0.104.